The largest absolute Gasteiger partial charge is 0.346 e. The molecule has 4 heteroatoms. The topological polar surface area (TPSA) is 44.2 Å². The molecule has 0 radical (unpaired) electrons. The molecule has 130 valence electrons. The Hall–Kier alpha value is -2.82. The fourth-order valence-corrected chi connectivity index (χ4v) is 2.91. The van der Waals surface area contributed by atoms with Crippen LogP contribution in [0.4, 0.5) is 0 Å². The van der Waals surface area contributed by atoms with Gasteiger partial charge in [0.25, 0.3) is 0 Å². The zero-order valence-electron chi connectivity index (χ0n) is 14.6. The molecule has 26 heavy (non-hydrogen) atoms. The average molecular weight is 344 g/mol. The van der Waals surface area contributed by atoms with Crippen LogP contribution in [0.3, 0.4) is 0 Å². The van der Waals surface area contributed by atoms with E-state index in [0.717, 1.165) is 33.9 Å². The second-order valence-electron chi connectivity index (χ2n) is 6.19. The molecule has 4 nitrogen and oxygen atoms in total. The lowest BCUT2D eigenvalue weighted by Crippen LogP contribution is -1.97. The monoisotopic (exact) mass is 344 g/mol. The Kier molecular flexibility index (Phi) is 4.86. The fourth-order valence-electron chi connectivity index (χ4n) is 2.91. The summed E-state index contributed by atoms with van der Waals surface area (Å²) in [6.07, 6.45) is 3.81. The first-order valence-electron chi connectivity index (χ1n) is 8.70. The first-order chi connectivity index (χ1) is 12.8. The van der Waals surface area contributed by atoms with Crippen molar-refractivity contribution >= 4 is 12.2 Å². The van der Waals surface area contributed by atoms with Crippen molar-refractivity contribution in [2.24, 2.45) is 0 Å². The summed E-state index contributed by atoms with van der Waals surface area (Å²) >= 11 is 0. The zero-order chi connectivity index (χ0) is 17.8. The lowest BCUT2D eigenvalue weighted by molar-refractivity contribution is -0.0441. The summed E-state index contributed by atoms with van der Waals surface area (Å²) in [6, 6.07) is 20.1. The van der Waals surface area contributed by atoms with Gasteiger partial charge in [0.1, 0.15) is 0 Å². The van der Waals surface area contributed by atoms with Gasteiger partial charge in [0, 0.05) is 11.3 Å². The Morgan fingerprint density at radius 3 is 2.38 bits per heavy atom. The smallest absolute Gasteiger partial charge is 0.184 e. The molecule has 2 aromatic heterocycles. The molecular formula is C22H20N2O2. The van der Waals surface area contributed by atoms with E-state index in [9.17, 15) is 0 Å². The number of nitrogens with zero attached hydrogens (tertiary/aromatic N) is 2. The molecule has 3 aromatic rings. The summed E-state index contributed by atoms with van der Waals surface area (Å²) < 4.78 is 11.1. The van der Waals surface area contributed by atoms with E-state index in [1.54, 1.807) is 0 Å². The van der Waals surface area contributed by atoms with Crippen molar-refractivity contribution in [1.29, 1.82) is 0 Å². The van der Waals surface area contributed by atoms with Crippen LogP contribution in [-0.2, 0) is 9.47 Å². The Labute approximate surface area is 153 Å². The molecule has 0 amide bonds. The van der Waals surface area contributed by atoms with E-state index in [4.69, 9.17) is 14.5 Å². The highest BCUT2D eigenvalue weighted by Crippen LogP contribution is 2.24. The number of hydrogen-bond acceptors (Lipinski definition) is 4. The quantitative estimate of drug-likeness (QED) is 0.690. The normalized spacial score (nSPS) is 15.0. The maximum absolute atomic E-state index is 5.57. The molecule has 1 fully saturated rings. The number of rotatable bonds is 4. The van der Waals surface area contributed by atoms with Crippen molar-refractivity contribution in [2.75, 3.05) is 13.2 Å². The first-order valence-corrected chi connectivity index (χ1v) is 8.70. The van der Waals surface area contributed by atoms with Crippen molar-refractivity contribution in [2.45, 2.75) is 13.2 Å². The zero-order valence-corrected chi connectivity index (χ0v) is 14.6. The maximum Gasteiger partial charge on any atom is 0.184 e. The van der Waals surface area contributed by atoms with Crippen LogP contribution in [0.1, 0.15) is 28.8 Å². The predicted octanol–water partition coefficient (Wildman–Crippen LogP) is 4.67. The van der Waals surface area contributed by atoms with E-state index in [-0.39, 0.29) is 6.29 Å². The lowest BCUT2D eigenvalue weighted by Gasteiger charge is -2.09. The second-order valence-corrected chi connectivity index (χ2v) is 6.19. The van der Waals surface area contributed by atoms with Crippen molar-refractivity contribution in [3.05, 3.63) is 83.2 Å². The second kappa shape index (κ2) is 7.60. The third-order valence-electron chi connectivity index (χ3n) is 4.17. The Bertz CT molecular complexity index is 931. The molecular weight excluding hydrogens is 324 g/mol. The van der Waals surface area contributed by atoms with Crippen molar-refractivity contribution in [3.63, 3.8) is 0 Å². The van der Waals surface area contributed by atoms with Crippen molar-refractivity contribution in [3.8, 4) is 11.4 Å². The van der Waals surface area contributed by atoms with E-state index in [0.29, 0.717) is 13.2 Å². The van der Waals surface area contributed by atoms with Crippen LogP contribution < -0.4 is 0 Å². The highest BCUT2D eigenvalue weighted by Gasteiger charge is 2.17. The molecule has 3 heterocycles. The number of aromatic nitrogens is 2. The Balaban J connectivity index is 1.55. The number of ether oxygens (including phenoxy) is 2. The highest BCUT2D eigenvalue weighted by molar-refractivity contribution is 5.69. The molecule has 0 spiro atoms. The van der Waals surface area contributed by atoms with Gasteiger partial charge in [-0.2, -0.15) is 0 Å². The van der Waals surface area contributed by atoms with Crippen LogP contribution in [0, 0.1) is 6.92 Å². The molecule has 4 rings (SSSR count). The minimum Gasteiger partial charge on any atom is -0.346 e. The van der Waals surface area contributed by atoms with Crippen molar-refractivity contribution < 1.29 is 9.47 Å². The van der Waals surface area contributed by atoms with Gasteiger partial charge in [0.15, 0.2) is 6.29 Å². The highest BCUT2D eigenvalue weighted by atomic mass is 16.7. The summed E-state index contributed by atoms with van der Waals surface area (Å²) in [5.74, 6) is 0. The van der Waals surface area contributed by atoms with Crippen molar-refractivity contribution in [1.82, 2.24) is 9.97 Å². The third kappa shape index (κ3) is 3.87. The molecule has 1 aliphatic rings. The molecule has 0 saturated carbocycles. The average Bonchev–Trinajstić information content (AvgIpc) is 3.22. The van der Waals surface area contributed by atoms with Gasteiger partial charge in [-0.25, -0.2) is 4.98 Å². The number of benzene rings is 1. The van der Waals surface area contributed by atoms with Gasteiger partial charge in [0.05, 0.1) is 30.3 Å². The van der Waals surface area contributed by atoms with Crippen LogP contribution >= 0.6 is 0 Å². The summed E-state index contributed by atoms with van der Waals surface area (Å²) in [5.41, 5.74) is 5.76. The fraction of sp³-hybridized carbons (Fsp3) is 0.182. The Morgan fingerprint density at radius 2 is 1.58 bits per heavy atom. The molecule has 0 bridgehead atoms. The predicted molar refractivity (Wildman–Crippen MR) is 102 cm³/mol. The molecule has 0 atom stereocenters. The van der Waals surface area contributed by atoms with Gasteiger partial charge in [0.2, 0.25) is 0 Å². The van der Waals surface area contributed by atoms with Crippen LogP contribution in [0.25, 0.3) is 23.5 Å². The van der Waals surface area contributed by atoms with E-state index < -0.39 is 0 Å². The van der Waals surface area contributed by atoms with Crippen LogP contribution in [0.2, 0.25) is 0 Å². The molecule has 1 aliphatic heterocycles. The summed E-state index contributed by atoms with van der Waals surface area (Å²) in [7, 11) is 0. The van der Waals surface area contributed by atoms with Gasteiger partial charge in [-0.1, -0.05) is 36.4 Å². The SMILES string of the molecule is Cc1cccc(-c2cccc(/C=C/c3cccc(C4OCCO4)c3)n2)n1. The summed E-state index contributed by atoms with van der Waals surface area (Å²) in [6.45, 7) is 3.28. The first kappa shape index (κ1) is 16.6. The van der Waals surface area contributed by atoms with Crippen LogP contribution in [-0.4, -0.2) is 23.2 Å². The van der Waals surface area contributed by atoms with Gasteiger partial charge < -0.3 is 9.47 Å². The minimum absolute atomic E-state index is 0.253. The van der Waals surface area contributed by atoms with Gasteiger partial charge >= 0.3 is 0 Å². The Morgan fingerprint density at radius 1 is 0.846 bits per heavy atom. The minimum atomic E-state index is -0.253. The number of hydrogen-bond donors (Lipinski definition) is 0. The van der Waals surface area contributed by atoms with E-state index in [2.05, 4.69) is 17.1 Å². The number of pyridine rings is 2. The molecule has 0 N–H and O–H groups in total. The van der Waals surface area contributed by atoms with Crippen LogP contribution in [0.5, 0.6) is 0 Å². The molecule has 0 unspecified atom stereocenters. The van der Waals surface area contributed by atoms with E-state index in [1.165, 1.54) is 0 Å². The summed E-state index contributed by atoms with van der Waals surface area (Å²) in [4.78, 5) is 9.24. The van der Waals surface area contributed by atoms with Gasteiger partial charge in [-0.15, -0.1) is 0 Å². The van der Waals surface area contributed by atoms with E-state index in [1.807, 2.05) is 67.6 Å². The number of aryl methyl sites for hydroxylation is 1. The third-order valence-corrected chi connectivity index (χ3v) is 4.17. The standard InChI is InChI=1S/C22H20N2O2/c1-16-5-2-9-20(23-16)21-10-4-8-19(24-21)12-11-17-6-3-7-18(15-17)22-25-13-14-26-22/h2-12,15,22H,13-14H2,1H3/b12-11+. The summed E-state index contributed by atoms with van der Waals surface area (Å²) in [5, 5.41) is 0. The molecule has 1 aromatic carbocycles. The van der Waals surface area contributed by atoms with Gasteiger partial charge in [-0.05, 0) is 48.9 Å². The molecule has 0 aliphatic carbocycles. The molecule has 1 saturated heterocycles. The van der Waals surface area contributed by atoms with Crippen LogP contribution in [0.15, 0.2) is 60.7 Å². The maximum atomic E-state index is 5.57. The lowest BCUT2D eigenvalue weighted by atomic mass is 10.1. The van der Waals surface area contributed by atoms with E-state index >= 15 is 0 Å². The van der Waals surface area contributed by atoms with Gasteiger partial charge in [-0.3, -0.25) is 4.98 Å².